The van der Waals surface area contributed by atoms with Crippen molar-refractivity contribution >= 4 is 29.1 Å². The number of thioether (sulfide) groups is 1. The summed E-state index contributed by atoms with van der Waals surface area (Å²) in [6.45, 7) is 7.27. The summed E-state index contributed by atoms with van der Waals surface area (Å²) in [6, 6.07) is 0.481. The van der Waals surface area contributed by atoms with E-state index < -0.39 is 0 Å². The number of aryl methyl sites for hydroxylation is 1. The first kappa shape index (κ1) is 15.2. The van der Waals surface area contributed by atoms with Crippen LogP contribution in [0.25, 0.3) is 0 Å². The number of nitrogens with zero attached hydrogens (tertiary/aromatic N) is 2. The zero-order valence-electron chi connectivity index (χ0n) is 12.8. The summed E-state index contributed by atoms with van der Waals surface area (Å²) >= 11 is 3.66. The Labute approximate surface area is 134 Å². The van der Waals surface area contributed by atoms with Crippen LogP contribution < -0.4 is 5.32 Å². The topological polar surface area (TPSA) is 45.2 Å². The van der Waals surface area contributed by atoms with E-state index in [4.69, 9.17) is 0 Å². The van der Waals surface area contributed by atoms with Crippen molar-refractivity contribution in [2.75, 3.05) is 12.3 Å². The van der Waals surface area contributed by atoms with E-state index in [0.29, 0.717) is 17.2 Å². The average Bonchev–Trinajstić information content (AvgIpc) is 3.20. The molecular weight excluding hydrogens is 302 g/mol. The maximum atomic E-state index is 12.7. The van der Waals surface area contributed by atoms with Crippen LogP contribution in [0.2, 0.25) is 0 Å². The Morgan fingerprint density at radius 1 is 1.48 bits per heavy atom. The van der Waals surface area contributed by atoms with Gasteiger partial charge in [-0.05, 0) is 32.6 Å². The summed E-state index contributed by atoms with van der Waals surface area (Å²) in [7, 11) is 0. The minimum Gasteiger partial charge on any atom is -0.328 e. The molecule has 1 aliphatic heterocycles. The van der Waals surface area contributed by atoms with E-state index in [9.17, 15) is 4.79 Å². The Hall–Kier alpha value is -0.750. The Morgan fingerprint density at radius 3 is 2.86 bits per heavy atom. The standard InChI is InChI=1S/C15H23N3OS2/c1-9-8-16-14(21-9)13(12-4-5-12)17-15(19)18-6-7-20-11(3)10(18)2/h8,10-13H,4-7H2,1-3H3,(H,17,19)/t10-,11-,13+/m0/s1. The van der Waals surface area contributed by atoms with Crippen LogP contribution in [0.5, 0.6) is 0 Å². The Bertz CT molecular complexity index is 515. The molecule has 0 aromatic carbocycles. The zero-order chi connectivity index (χ0) is 15.0. The van der Waals surface area contributed by atoms with Crippen LogP contribution in [0, 0.1) is 12.8 Å². The highest BCUT2D eigenvalue weighted by molar-refractivity contribution is 8.00. The van der Waals surface area contributed by atoms with Gasteiger partial charge in [0.2, 0.25) is 0 Å². The van der Waals surface area contributed by atoms with Crippen LogP contribution in [-0.4, -0.2) is 39.5 Å². The molecular formula is C15H23N3OS2. The van der Waals surface area contributed by atoms with E-state index in [1.54, 1.807) is 11.3 Å². The van der Waals surface area contributed by atoms with Gasteiger partial charge in [0.05, 0.1) is 6.04 Å². The molecule has 6 heteroatoms. The minimum absolute atomic E-state index is 0.0828. The zero-order valence-corrected chi connectivity index (χ0v) is 14.5. The lowest BCUT2D eigenvalue weighted by Crippen LogP contribution is -2.52. The summed E-state index contributed by atoms with van der Waals surface area (Å²) in [4.78, 5) is 20.4. The molecule has 2 amide bonds. The van der Waals surface area contributed by atoms with Crippen LogP contribution in [0.1, 0.15) is 42.6 Å². The fourth-order valence-electron chi connectivity index (χ4n) is 2.76. The average molecular weight is 326 g/mol. The number of amides is 2. The molecule has 0 bridgehead atoms. The highest BCUT2D eigenvalue weighted by Gasteiger charge is 2.37. The van der Waals surface area contributed by atoms with E-state index in [1.807, 2.05) is 22.9 Å². The lowest BCUT2D eigenvalue weighted by atomic mass is 10.2. The number of hydrogen-bond acceptors (Lipinski definition) is 4. The molecule has 2 heterocycles. The highest BCUT2D eigenvalue weighted by Crippen LogP contribution is 2.42. The van der Waals surface area contributed by atoms with Gasteiger partial charge in [-0.1, -0.05) is 6.92 Å². The first-order valence-corrected chi connectivity index (χ1v) is 9.54. The molecule has 1 aromatic rings. The summed E-state index contributed by atoms with van der Waals surface area (Å²) < 4.78 is 0. The molecule has 0 radical (unpaired) electrons. The van der Waals surface area contributed by atoms with Gasteiger partial charge in [0, 0.05) is 34.7 Å². The van der Waals surface area contributed by atoms with E-state index >= 15 is 0 Å². The van der Waals surface area contributed by atoms with Gasteiger partial charge in [0.15, 0.2) is 0 Å². The van der Waals surface area contributed by atoms with E-state index in [0.717, 1.165) is 17.3 Å². The van der Waals surface area contributed by atoms with E-state index in [1.165, 1.54) is 17.7 Å². The Balaban J connectivity index is 1.69. The lowest BCUT2D eigenvalue weighted by molar-refractivity contribution is 0.175. The smallest absolute Gasteiger partial charge is 0.318 e. The number of carbonyl (C=O) groups excluding carboxylic acids is 1. The fraction of sp³-hybridized carbons (Fsp3) is 0.733. The number of aromatic nitrogens is 1. The Morgan fingerprint density at radius 2 is 2.24 bits per heavy atom. The summed E-state index contributed by atoms with van der Waals surface area (Å²) in [6.07, 6.45) is 4.31. The van der Waals surface area contributed by atoms with Gasteiger partial charge in [-0.2, -0.15) is 11.8 Å². The number of thiazole rings is 1. The van der Waals surface area contributed by atoms with Crippen LogP contribution in [0.3, 0.4) is 0 Å². The third kappa shape index (κ3) is 3.37. The maximum Gasteiger partial charge on any atom is 0.318 e. The van der Waals surface area contributed by atoms with Gasteiger partial charge in [0.25, 0.3) is 0 Å². The second kappa shape index (κ2) is 6.16. The van der Waals surface area contributed by atoms with Crippen molar-refractivity contribution in [3.05, 3.63) is 16.1 Å². The molecule has 1 aromatic heterocycles. The highest BCUT2D eigenvalue weighted by atomic mass is 32.2. The monoisotopic (exact) mass is 325 g/mol. The maximum absolute atomic E-state index is 12.7. The van der Waals surface area contributed by atoms with Crippen LogP contribution in [-0.2, 0) is 0 Å². The second-order valence-corrected chi connectivity index (χ2v) is 8.84. The molecule has 0 spiro atoms. The van der Waals surface area contributed by atoms with Gasteiger partial charge in [0.1, 0.15) is 5.01 Å². The van der Waals surface area contributed by atoms with Crippen LogP contribution >= 0.6 is 23.1 Å². The van der Waals surface area contributed by atoms with Crippen molar-refractivity contribution < 1.29 is 4.79 Å². The van der Waals surface area contributed by atoms with Gasteiger partial charge < -0.3 is 10.2 Å². The van der Waals surface area contributed by atoms with Gasteiger partial charge in [-0.25, -0.2) is 9.78 Å². The number of carbonyl (C=O) groups is 1. The van der Waals surface area contributed by atoms with E-state index in [2.05, 4.69) is 31.1 Å². The Kier molecular flexibility index (Phi) is 4.45. The van der Waals surface area contributed by atoms with Crippen molar-refractivity contribution in [1.82, 2.24) is 15.2 Å². The fourth-order valence-corrected chi connectivity index (χ4v) is 4.78. The number of nitrogens with one attached hydrogen (secondary N) is 1. The minimum atomic E-state index is 0.0828. The molecule has 1 saturated heterocycles. The molecule has 1 aliphatic carbocycles. The molecule has 21 heavy (non-hydrogen) atoms. The quantitative estimate of drug-likeness (QED) is 0.926. The summed E-state index contributed by atoms with van der Waals surface area (Å²) in [5.74, 6) is 1.61. The largest absolute Gasteiger partial charge is 0.328 e. The normalized spacial score (nSPS) is 27.5. The summed E-state index contributed by atoms with van der Waals surface area (Å²) in [5.41, 5.74) is 0. The second-order valence-electron chi connectivity index (χ2n) is 6.08. The molecule has 1 saturated carbocycles. The lowest BCUT2D eigenvalue weighted by Gasteiger charge is -2.38. The van der Waals surface area contributed by atoms with E-state index in [-0.39, 0.29) is 12.1 Å². The number of hydrogen-bond donors (Lipinski definition) is 1. The SMILES string of the molecule is Cc1cnc([C@H](NC(=O)N2CCS[C@@H](C)[C@@H]2C)C2CC2)s1. The van der Waals surface area contributed by atoms with Crippen molar-refractivity contribution in [2.45, 2.75) is 50.9 Å². The predicted octanol–water partition coefficient (Wildman–Crippen LogP) is 3.44. The third-order valence-corrected chi connectivity index (χ3v) is 6.76. The summed E-state index contributed by atoms with van der Waals surface area (Å²) in [5, 5.41) is 4.83. The third-order valence-electron chi connectivity index (χ3n) is 4.42. The van der Waals surface area contributed by atoms with Crippen molar-refractivity contribution in [2.24, 2.45) is 5.92 Å². The molecule has 3 atom stereocenters. The molecule has 0 unspecified atom stereocenters. The molecule has 3 rings (SSSR count). The van der Waals surface area contributed by atoms with Crippen LogP contribution in [0.15, 0.2) is 6.20 Å². The first-order valence-electron chi connectivity index (χ1n) is 7.67. The molecule has 2 aliphatic rings. The first-order chi connectivity index (χ1) is 10.1. The van der Waals surface area contributed by atoms with Gasteiger partial charge >= 0.3 is 6.03 Å². The molecule has 116 valence electrons. The van der Waals surface area contributed by atoms with Crippen molar-refractivity contribution in [3.63, 3.8) is 0 Å². The number of rotatable bonds is 3. The number of urea groups is 1. The van der Waals surface area contributed by atoms with Gasteiger partial charge in [-0.3, -0.25) is 0 Å². The molecule has 4 nitrogen and oxygen atoms in total. The van der Waals surface area contributed by atoms with Gasteiger partial charge in [-0.15, -0.1) is 11.3 Å². The van der Waals surface area contributed by atoms with Crippen molar-refractivity contribution in [1.29, 1.82) is 0 Å². The predicted molar refractivity (Wildman–Crippen MR) is 88.9 cm³/mol. The molecule has 2 fully saturated rings. The van der Waals surface area contributed by atoms with Crippen LogP contribution in [0.4, 0.5) is 4.79 Å². The molecule has 1 N–H and O–H groups in total. The van der Waals surface area contributed by atoms with Crippen molar-refractivity contribution in [3.8, 4) is 0 Å².